The van der Waals surface area contributed by atoms with Crippen LogP contribution in [-0.2, 0) is 7.05 Å². The van der Waals surface area contributed by atoms with E-state index in [9.17, 15) is 14.3 Å². The Balaban J connectivity index is 1.63. The van der Waals surface area contributed by atoms with Crippen molar-refractivity contribution in [2.45, 2.75) is 18.9 Å². The lowest BCUT2D eigenvalue weighted by molar-refractivity contribution is 0.333. The molecule has 0 bridgehead atoms. The van der Waals surface area contributed by atoms with Gasteiger partial charge in [-0.15, -0.1) is 0 Å². The number of aryl methyl sites for hydroxylation is 1. The normalized spacial score (nSPS) is 15.4. The van der Waals surface area contributed by atoms with Gasteiger partial charge in [-0.1, -0.05) is 0 Å². The standard InChI is InChI=1S/C20H19FN6O2/c1-26-10-12-6-14(19(28)17(21)18(12)25-26)16-7-11-8-24-27(13-2-4-22-5-3-13)20(29)15(11)9-23-16/h6-10,13,22,28H,2-5H2,1H3. The number of phenolic OH excluding ortho intramolecular Hbond substituents is 1. The highest BCUT2D eigenvalue weighted by Gasteiger charge is 2.20. The molecule has 4 heterocycles. The molecule has 0 atom stereocenters. The number of hydrogen-bond donors (Lipinski definition) is 2. The Morgan fingerprint density at radius 3 is 2.79 bits per heavy atom. The van der Waals surface area contributed by atoms with Gasteiger partial charge >= 0.3 is 0 Å². The summed E-state index contributed by atoms with van der Waals surface area (Å²) in [6.45, 7) is 1.71. The first-order valence-corrected chi connectivity index (χ1v) is 9.46. The molecule has 5 rings (SSSR count). The smallest absolute Gasteiger partial charge is 0.276 e. The van der Waals surface area contributed by atoms with Gasteiger partial charge in [-0.2, -0.15) is 10.2 Å². The summed E-state index contributed by atoms with van der Waals surface area (Å²) in [6.07, 6.45) is 6.46. The minimum Gasteiger partial charge on any atom is -0.504 e. The molecule has 4 aromatic rings. The van der Waals surface area contributed by atoms with Crippen molar-refractivity contribution in [1.29, 1.82) is 0 Å². The van der Waals surface area contributed by atoms with Crippen molar-refractivity contribution < 1.29 is 9.50 Å². The van der Waals surface area contributed by atoms with Crippen molar-refractivity contribution in [3.63, 3.8) is 0 Å². The van der Waals surface area contributed by atoms with Crippen LogP contribution in [0.2, 0.25) is 0 Å². The third-order valence-electron chi connectivity index (χ3n) is 5.45. The molecular weight excluding hydrogens is 375 g/mol. The SMILES string of the molecule is Cn1cc2cc(-c3cc4cnn(C5CCNCC5)c(=O)c4cn3)c(O)c(F)c2n1. The van der Waals surface area contributed by atoms with E-state index < -0.39 is 11.6 Å². The van der Waals surface area contributed by atoms with Crippen LogP contribution in [-0.4, -0.2) is 42.7 Å². The number of halogens is 1. The molecule has 0 amide bonds. The summed E-state index contributed by atoms with van der Waals surface area (Å²) in [7, 11) is 1.68. The lowest BCUT2D eigenvalue weighted by atomic mass is 10.0. The van der Waals surface area contributed by atoms with E-state index in [1.165, 1.54) is 15.6 Å². The molecule has 29 heavy (non-hydrogen) atoms. The van der Waals surface area contributed by atoms with E-state index in [-0.39, 0.29) is 22.7 Å². The fraction of sp³-hybridized carbons (Fsp3) is 0.300. The fourth-order valence-corrected chi connectivity index (χ4v) is 3.95. The lowest BCUT2D eigenvalue weighted by Gasteiger charge is -2.23. The van der Waals surface area contributed by atoms with Crippen LogP contribution in [0.1, 0.15) is 18.9 Å². The van der Waals surface area contributed by atoms with Gasteiger partial charge in [0.1, 0.15) is 5.52 Å². The van der Waals surface area contributed by atoms with Crippen LogP contribution in [0, 0.1) is 5.82 Å². The number of benzene rings is 1. The molecule has 1 aromatic carbocycles. The highest BCUT2D eigenvalue weighted by atomic mass is 19.1. The average Bonchev–Trinajstić information content (AvgIpc) is 3.12. The molecule has 1 aliphatic rings. The second-order valence-corrected chi connectivity index (χ2v) is 7.36. The van der Waals surface area contributed by atoms with E-state index in [2.05, 4.69) is 20.5 Å². The molecule has 0 spiro atoms. The predicted molar refractivity (Wildman–Crippen MR) is 106 cm³/mol. The highest BCUT2D eigenvalue weighted by Crippen LogP contribution is 2.35. The zero-order valence-electron chi connectivity index (χ0n) is 15.8. The minimum absolute atomic E-state index is 0.0685. The van der Waals surface area contributed by atoms with Crippen molar-refractivity contribution in [1.82, 2.24) is 29.9 Å². The molecule has 0 radical (unpaired) electrons. The van der Waals surface area contributed by atoms with Crippen LogP contribution in [0.3, 0.4) is 0 Å². The number of phenols is 1. The Hall–Kier alpha value is -3.33. The molecule has 0 saturated carbocycles. The van der Waals surface area contributed by atoms with E-state index in [1.807, 2.05) is 0 Å². The number of aromatic hydroxyl groups is 1. The number of rotatable bonds is 2. The zero-order chi connectivity index (χ0) is 20.1. The van der Waals surface area contributed by atoms with Crippen LogP contribution < -0.4 is 10.9 Å². The Labute approximate surface area is 164 Å². The molecule has 9 heteroatoms. The van der Waals surface area contributed by atoms with Gasteiger partial charge in [0.05, 0.1) is 23.3 Å². The summed E-state index contributed by atoms with van der Waals surface area (Å²) >= 11 is 0. The summed E-state index contributed by atoms with van der Waals surface area (Å²) in [4.78, 5) is 17.2. The second kappa shape index (κ2) is 6.63. The molecule has 1 saturated heterocycles. The monoisotopic (exact) mass is 394 g/mol. The molecular formula is C20H19FN6O2. The summed E-state index contributed by atoms with van der Waals surface area (Å²) in [5.74, 6) is -1.31. The molecule has 8 nitrogen and oxygen atoms in total. The van der Waals surface area contributed by atoms with Crippen LogP contribution in [0.4, 0.5) is 4.39 Å². The summed E-state index contributed by atoms with van der Waals surface area (Å²) < 4.78 is 17.6. The van der Waals surface area contributed by atoms with E-state index in [1.54, 1.807) is 31.6 Å². The van der Waals surface area contributed by atoms with Crippen LogP contribution in [0.5, 0.6) is 5.75 Å². The highest BCUT2D eigenvalue weighted by molar-refractivity contribution is 5.90. The summed E-state index contributed by atoms with van der Waals surface area (Å²) in [5.41, 5.74) is 0.514. The van der Waals surface area contributed by atoms with Gasteiger partial charge in [-0.25, -0.2) is 9.07 Å². The number of hydrogen-bond acceptors (Lipinski definition) is 6. The van der Waals surface area contributed by atoms with Crippen molar-refractivity contribution in [3.05, 3.63) is 46.9 Å². The van der Waals surface area contributed by atoms with Gasteiger partial charge in [0.15, 0.2) is 11.6 Å². The quantitative estimate of drug-likeness (QED) is 0.540. The van der Waals surface area contributed by atoms with Crippen molar-refractivity contribution in [2.24, 2.45) is 7.05 Å². The summed E-state index contributed by atoms with van der Waals surface area (Å²) in [6, 6.07) is 3.35. The topological polar surface area (TPSA) is 97.9 Å². The number of nitrogens with one attached hydrogen (secondary N) is 1. The average molecular weight is 394 g/mol. The third kappa shape index (κ3) is 2.85. The largest absolute Gasteiger partial charge is 0.504 e. The molecule has 0 aliphatic carbocycles. The van der Waals surface area contributed by atoms with E-state index >= 15 is 0 Å². The lowest BCUT2D eigenvalue weighted by Crippen LogP contribution is -2.35. The summed E-state index contributed by atoms with van der Waals surface area (Å²) in [5, 5.41) is 23.6. The van der Waals surface area contributed by atoms with E-state index in [4.69, 9.17) is 0 Å². The first kappa shape index (κ1) is 17.7. The van der Waals surface area contributed by atoms with Gasteiger partial charge in [0.25, 0.3) is 5.56 Å². The maximum absolute atomic E-state index is 14.6. The second-order valence-electron chi connectivity index (χ2n) is 7.36. The first-order chi connectivity index (χ1) is 14.0. The number of pyridine rings is 1. The van der Waals surface area contributed by atoms with Crippen LogP contribution >= 0.6 is 0 Å². The zero-order valence-corrected chi connectivity index (χ0v) is 15.8. The Kier molecular flexibility index (Phi) is 4.06. The van der Waals surface area contributed by atoms with Crippen molar-refractivity contribution in [2.75, 3.05) is 13.1 Å². The van der Waals surface area contributed by atoms with Gasteiger partial charge in [-0.3, -0.25) is 14.5 Å². The molecule has 0 unspecified atom stereocenters. The fourth-order valence-electron chi connectivity index (χ4n) is 3.95. The first-order valence-electron chi connectivity index (χ1n) is 9.46. The molecule has 3 aromatic heterocycles. The Morgan fingerprint density at radius 1 is 1.21 bits per heavy atom. The number of fused-ring (bicyclic) bond motifs is 2. The maximum Gasteiger partial charge on any atom is 0.276 e. The predicted octanol–water partition coefficient (Wildman–Crippen LogP) is 2.11. The minimum atomic E-state index is -0.792. The number of aromatic nitrogens is 5. The maximum atomic E-state index is 14.6. The van der Waals surface area contributed by atoms with Crippen molar-refractivity contribution >= 4 is 21.7 Å². The van der Waals surface area contributed by atoms with Crippen LogP contribution in [0.15, 0.2) is 35.5 Å². The Morgan fingerprint density at radius 2 is 2.00 bits per heavy atom. The van der Waals surface area contributed by atoms with Gasteiger partial charge in [-0.05, 0) is 38.1 Å². The number of piperidine rings is 1. The van der Waals surface area contributed by atoms with Crippen LogP contribution in [0.25, 0.3) is 32.9 Å². The number of nitrogens with zero attached hydrogens (tertiary/aromatic N) is 5. The van der Waals surface area contributed by atoms with Gasteiger partial charge in [0.2, 0.25) is 0 Å². The molecule has 148 valence electrons. The molecule has 2 N–H and O–H groups in total. The molecule has 1 aliphatic heterocycles. The van der Waals surface area contributed by atoms with E-state index in [0.29, 0.717) is 21.9 Å². The molecule has 1 fully saturated rings. The van der Waals surface area contributed by atoms with E-state index in [0.717, 1.165) is 25.9 Å². The van der Waals surface area contributed by atoms with Gasteiger partial charge < -0.3 is 10.4 Å². The van der Waals surface area contributed by atoms with Gasteiger partial charge in [0, 0.05) is 35.8 Å². The third-order valence-corrected chi connectivity index (χ3v) is 5.45. The van der Waals surface area contributed by atoms with Crippen molar-refractivity contribution in [3.8, 4) is 17.0 Å². The Bertz CT molecular complexity index is 1310.